The van der Waals surface area contributed by atoms with Crippen LogP contribution in [0.25, 0.3) is 0 Å². The molecule has 2 fully saturated rings. The highest BCUT2D eigenvalue weighted by Gasteiger charge is 2.27. The summed E-state index contributed by atoms with van der Waals surface area (Å²) in [6, 6.07) is 7.78. The van der Waals surface area contributed by atoms with E-state index in [1.165, 1.54) is 19.3 Å². The van der Waals surface area contributed by atoms with Crippen molar-refractivity contribution >= 4 is 23.2 Å². The fourth-order valence-corrected chi connectivity index (χ4v) is 4.18. The van der Waals surface area contributed by atoms with Gasteiger partial charge in [-0.1, -0.05) is 19.8 Å². The molecule has 0 bridgehead atoms. The van der Waals surface area contributed by atoms with E-state index in [0.717, 1.165) is 44.1 Å². The molecule has 1 saturated carbocycles. The number of morpholine rings is 1. The van der Waals surface area contributed by atoms with Crippen LogP contribution in [0.15, 0.2) is 24.3 Å². The summed E-state index contributed by atoms with van der Waals surface area (Å²) in [6.45, 7) is 7.49. The largest absolute Gasteiger partial charge is 0.378 e. The number of rotatable bonds is 7. The Morgan fingerprint density at radius 2 is 1.83 bits per heavy atom. The van der Waals surface area contributed by atoms with Gasteiger partial charge in [0.1, 0.15) is 0 Å². The molecule has 7 heteroatoms. The molecular weight excluding hydrogens is 380 g/mol. The van der Waals surface area contributed by atoms with Gasteiger partial charge in [0.2, 0.25) is 11.8 Å². The molecule has 3 atom stereocenters. The van der Waals surface area contributed by atoms with Crippen LogP contribution in [0.3, 0.4) is 0 Å². The third-order valence-corrected chi connectivity index (χ3v) is 6.40. The van der Waals surface area contributed by atoms with Gasteiger partial charge in [0.05, 0.1) is 25.8 Å². The zero-order chi connectivity index (χ0) is 21.5. The van der Waals surface area contributed by atoms with Crippen LogP contribution in [0.2, 0.25) is 0 Å². The molecule has 30 heavy (non-hydrogen) atoms. The van der Waals surface area contributed by atoms with Crippen LogP contribution >= 0.6 is 0 Å². The summed E-state index contributed by atoms with van der Waals surface area (Å²) in [5.74, 6) is 0.394. The van der Waals surface area contributed by atoms with E-state index in [2.05, 4.69) is 22.5 Å². The maximum Gasteiger partial charge on any atom is 0.238 e. The Hall–Kier alpha value is -2.12. The third kappa shape index (κ3) is 6.19. The zero-order valence-corrected chi connectivity index (χ0v) is 18.5. The quantitative estimate of drug-likeness (QED) is 0.714. The number of carbonyl (C=O) groups is 2. The van der Waals surface area contributed by atoms with Gasteiger partial charge in [-0.25, -0.2) is 0 Å². The van der Waals surface area contributed by atoms with Gasteiger partial charge in [-0.2, -0.15) is 0 Å². The number of nitrogens with zero attached hydrogens (tertiary/aromatic N) is 2. The van der Waals surface area contributed by atoms with Crippen molar-refractivity contribution in [1.82, 2.24) is 10.2 Å². The molecule has 1 aromatic carbocycles. The van der Waals surface area contributed by atoms with Crippen LogP contribution in [0, 0.1) is 5.92 Å². The van der Waals surface area contributed by atoms with Crippen molar-refractivity contribution in [3.05, 3.63) is 24.3 Å². The first-order valence-corrected chi connectivity index (χ1v) is 11.2. The highest BCUT2D eigenvalue weighted by atomic mass is 16.5. The molecule has 3 rings (SSSR count). The Bertz CT molecular complexity index is 703. The minimum atomic E-state index is -0.353. The van der Waals surface area contributed by atoms with Gasteiger partial charge < -0.3 is 20.3 Å². The van der Waals surface area contributed by atoms with Crippen molar-refractivity contribution < 1.29 is 14.3 Å². The van der Waals surface area contributed by atoms with Crippen LogP contribution < -0.4 is 15.5 Å². The van der Waals surface area contributed by atoms with Crippen molar-refractivity contribution in [3.8, 4) is 0 Å². The summed E-state index contributed by atoms with van der Waals surface area (Å²) >= 11 is 0. The van der Waals surface area contributed by atoms with E-state index in [-0.39, 0.29) is 30.4 Å². The molecule has 0 radical (unpaired) electrons. The normalized spacial score (nSPS) is 23.1. The minimum Gasteiger partial charge on any atom is -0.378 e. The minimum absolute atomic E-state index is 0.00101. The predicted molar refractivity (Wildman–Crippen MR) is 120 cm³/mol. The maximum atomic E-state index is 12.6. The molecule has 0 spiro atoms. The Morgan fingerprint density at radius 1 is 1.17 bits per heavy atom. The van der Waals surface area contributed by atoms with Gasteiger partial charge in [0.15, 0.2) is 0 Å². The molecule has 1 aliphatic carbocycles. The number of hydrogen-bond donors (Lipinski definition) is 2. The molecule has 2 amide bonds. The lowest BCUT2D eigenvalue weighted by Crippen LogP contribution is -2.50. The van der Waals surface area contributed by atoms with Crippen LogP contribution in [-0.4, -0.2) is 68.7 Å². The Balaban J connectivity index is 1.45. The topological polar surface area (TPSA) is 73.9 Å². The van der Waals surface area contributed by atoms with Crippen molar-refractivity contribution in [2.75, 3.05) is 50.1 Å². The molecule has 1 saturated heterocycles. The zero-order valence-electron chi connectivity index (χ0n) is 18.5. The second-order valence-corrected chi connectivity index (χ2v) is 8.66. The molecule has 1 aromatic rings. The van der Waals surface area contributed by atoms with Gasteiger partial charge in [-0.3, -0.25) is 14.5 Å². The molecule has 3 unspecified atom stereocenters. The lowest BCUT2D eigenvalue weighted by Gasteiger charge is -2.32. The number of nitrogens with one attached hydrogen (secondary N) is 2. The number of benzene rings is 1. The SMILES string of the molecule is CC1CCCCC1NC(=O)C(C)N(C)CC(=O)Nc1ccc(N2CCOCC2)cc1. The van der Waals surface area contributed by atoms with Gasteiger partial charge in [0, 0.05) is 30.5 Å². The Morgan fingerprint density at radius 3 is 2.50 bits per heavy atom. The third-order valence-electron chi connectivity index (χ3n) is 6.40. The molecule has 7 nitrogen and oxygen atoms in total. The lowest BCUT2D eigenvalue weighted by atomic mass is 9.86. The van der Waals surface area contributed by atoms with E-state index in [1.54, 1.807) is 4.90 Å². The maximum absolute atomic E-state index is 12.6. The number of amides is 2. The molecule has 166 valence electrons. The van der Waals surface area contributed by atoms with E-state index in [1.807, 2.05) is 38.2 Å². The molecule has 1 aliphatic heterocycles. The monoisotopic (exact) mass is 416 g/mol. The first kappa shape index (κ1) is 22.6. The summed E-state index contributed by atoms with van der Waals surface area (Å²) in [7, 11) is 1.82. The second-order valence-electron chi connectivity index (χ2n) is 8.66. The van der Waals surface area contributed by atoms with Crippen molar-refractivity contribution in [2.45, 2.75) is 51.6 Å². The predicted octanol–water partition coefficient (Wildman–Crippen LogP) is 2.48. The first-order chi connectivity index (χ1) is 14.4. The highest BCUT2D eigenvalue weighted by Crippen LogP contribution is 2.24. The first-order valence-electron chi connectivity index (χ1n) is 11.2. The molecule has 2 aliphatic rings. The number of anilines is 2. The van der Waals surface area contributed by atoms with E-state index < -0.39 is 0 Å². The van der Waals surface area contributed by atoms with Crippen LogP contribution in [0.4, 0.5) is 11.4 Å². The van der Waals surface area contributed by atoms with E-state index >= 15 is 0 Å². The van der Waals surface area contributed by atoms with Gasteiger partial charge in [-0.05, 0) is 57.0 Å². The average molecular weight is 417 g/mol. The lowest BCUT2D eigenvalue weighted by molar-refractivity contribution is -0.127. The van der Waals surface area contributed by atoms with E-state index in [4.69, 9.17) is 4.74 Å². The average Bonchev–Trinajstić information content (AvgIpc) is 2.75. The number of hydrogen-bond acceptors (Lipinski definition) is 5. The van der Waals surface area contributed by atoms with Crippen molar-refractivity contribution in [1.29, 1.82) is 0 Å². The Kier molecular flexibility index (Phi) is 8.10. The van der Waals surface area contributed by atoms with E-state index in [9.17, 15) is 9.59 Å². The van der Waals surface area contributed by atoms with Crippen LogP contribution in [0.1, 0.15) is 39.5 Å². The van der Waals surface area contributed by atoms with Crippen molar-refractivity contribution in [2.24, 2.45) is 5.92 Å². The fraction of sp³-hybridized carbons (Fsp3) is 0.652. The number of ether oxygens (including phenoxy) is 1. The van der Waals surface area contributed by atoms with E-state index in [0.29, 0.717) is 5.92 Å². The molecule has 2 N–H and O–H groups in total. The van der Waals surface area contributed by atoms with Gasteiger partial charge in [0.25, 0.3) is 0 Å². The molecular formula is C23H36N4O3. The highest BCUT2D eigenvalue weighted by molar-refractivity contribution is 5.93. The summed E-state index contributed by atoms with van der Waals surface area (Å²) in [6.07, 6.45) is 4.63. The molecule has 0 aromatic heterocycles. The Labute approximate surface area is 180 Å². The smallest absolute Gasteiger partial charge is 0.238 e. The summed E-state index contributed by atoms with van der Waals surface area (Å²) in [5, 5.41) is 6.11. The fourth-order valence-electron chi connectivity index (χ4n) is 4.18. The summed E-state index contributed by atoms with van der Waals surface area (Å²) in [4.78, 5) is 29.2. The summed E-state index contributed by atoms with van der Waals surface area (Å²) in [5.41, 5.74) is 1.90. The van der Waals surface area contributed by atoms with Gasteiger partial charge >= 0.3 is 0 Å². The van der Waals surface area contributed by atoms with Crippen molar-refractivity contribution in [3.63, 3.8) is 0 Å². The molecule has 1 heterocycles. The second kappa shape index (κ2) is 10.8. The summed E-state index contributed by atoms with van der Waals surface area (Å²) < 4.78 is 5.39. The number of likely N-dealkylation sites (N-methyl/N-ethyl adjacent to an activating group) is 1. The standard InChI is InChI=1S/C23H36N4O3/c1-17-6-4-5-7-21(17)25-23(29)18(2)26(3)16-22(28)24-19-8-10-20(11-9-19)27-12-14-30-15-13-27/h8-11,17-18,21H,4-7,12-16H2,1-3H3,(H,24,28)(H,25,29). The van der Waals surface area contributed by atoms with Crippen LogP contribution in [-0.2, 0) is 14.3 Å². The number of carbonyl (C=O) groups excluding carboxylic acids is 2. The van der Waals surface area contributed by atoms with Crippen LogP contribution in [0.5, 0.6) is 0 Å². The van der Waals surface area contributed by atoms with Gasteiger partial charge in [-0.15, -0.1) is 0 Å².